The molecule has 6 heteroatoms. The molecule has 1 fully saturated rings. The number of hydrogen-bond donors (Lipinski definition) is 0. The van der Waals surface area contributed by atoms with Gasteiger partial charge in [0.05, 0.1) is 7.11 Å². The maximum absolute atomic E-state index is 12.0. The molecule has 2 aliphatic rings. The Morgan fingerprint density at radius 1 is 1.30 bits per heavy atom. The van der Waals surface area contributed by atoms with Crippen LogP contribution in [0.25, 0.3) is 0 Å². The van der Waals surface area contributed by atoms with E-state index in [-0.39, 0.29) is 16.1 Å². The number of ether oxygens (including phenoxy) is 1. The molecule has 2 heterocycles. The summed E-state index contributed by atoms with van der Waals surface area (Å²) in [5.41, 5.74) is 1.13. The summed E-state index contributed by atoms with van der Waals surface area (Å²) in [6, 6.07) is 10.2. The molecule has 0 saturated carbocycles. The quantitative estimate of drug-likeness (QED) is 0.781. The van der Waals surface area contributed by atoms with Crippen LogP contribution in [0.5, 0.6) is 0 Å². The van der Waals surface area contributed by atoms with Crippen molar-refractivity contribution in [3.8, 4) is 0 Å². The third-order valence-corrected chi connectivity index (χ3v) is 7.75. The Kier molecular flexibility index (Phi) is 4.33. The number of nitrogens with zero attached hydrogens (tertiary/aromatic N) is 1. The number of rotatable bonds is 2. The summed E-state index contributed by atoms with van der Waals surface area (Å²) < 4.78 is 4.58. The summed E-state index contributed by atoms with van der Waals surface area (Å²) in [6.07, 6.45) is 0. The van der Waals surface area contributed by atoms with E-state index in [0.29, 0.717) is 0 Å². The molecule has 2 aliphatic heterocycles. The largest absolute Gasteiger partial charge is 0.469 e. The highest BCUT2D eigenvalue weighted by Gasteiger charge is 2.50. The topological polar surface area (TPSA) is 38.7 Å². The fourth-order valence-electron chi connectivity index (χ4n) is 2.29. The molecule has 1 atom stereocenters. The third kappa shape index (κ3) is 2.61. The molecule has 1 unspecified atom stereocenters. The third-order valence-electron chi connectivity index (χ3n) is 3.29. The smallest absolute Gasteiger partial charge is 0.313 e. The molecule has 0 N–H and O–H groups in total. The van der Waals surface area contributed by atoms with Gasteiger partial charge in [0.1, 0.15) is 11.0 Å². The Balaban J connectivity index is 1.96. The molecule has 1 saturated heterocycles. The van der Waals surface area contributed by atoms with Crippen molar-refractivity contribution < 1.29 is 9.53 Å². The highest BCUT2D eigenvalue weighted by Crippen LogP contribution is 2.54. The van der Waals surface area contributed by atoms with Crippen LogP contribution < -0.4 is 0 Å². The number of carbonyl (C=O) groups is 1. The standard InChI is InChI=1S/C14H15NO2S3/c1-17-13(16)11-9-18-12(10-5-3-2-4-6-10)15-14(11)19-7-8-20-14/h2-6,11H,7-9H2,1H3. The lowest BCUT2D eigenvalue weighted by Gasteiger charge is -2.34. The Labute approximate surface area is 131 Å². The molecule has 1 aromatic rings. The fourth-order valence-corrected chi connectivity index (χ4v) is 6.99. The van der Waals surface area contributed by atoms with Gasteiger partial charge >= 0.3 is 5.97 Å². The lowest BCUT2D eigenvalue weighted by atomic mass is 10.1. The molecule has 3 rings (SSSR count). The van der Waals surface area contributed by atoms with Crippen LogP contribution in [0.3, 0.4) is 0 Å². The first-order chi connectivity index (χ1) is 9.75. The van der Waals surface area contributed by atoms with Crippen LogP contribution >= 0.6 is 35.3 Å². The van der Waals surface area contributed by atoms with E-state index in [0.717, 1.165) is 27.9 Å². The second kappa shape index (κ2) is 6.03. The summed E-state index contributed by atoms with van der Waals surface area (Å²) in [4.78, 5) is 17.0. The lowest BCUT2D eigenvalue weighted by molar-refractivity contribution is -0.144. The summed E-state index contributed by atoms with van der Waals surface area (Å²) in [5, 5.41) is 1.03. The number of hydrogen-bond acceptors (Lipinski definition) is 6. The van der Waals surface area contributed by atoms with Crippen LogP contribution in [0.2, 0.25) is 0 Å². The van der Waals surface area contributed by atoms with Gasteiger partial charge in [-0.2, -0.15) is 0 Å². The monoisotopic (exact) mass is 325 g/mol. The van der Waals surface area contributed by atoms with Crippen molar-refractivity contribution >= 4 is 46.3 Å². The summed E-state index contributed by atoms with van der Waals surface area (Å²) >= 11 is 5.21. The van der Waals surface area contributed by atoms with E-state index in [9.17, 15) is 4.79 Å². The van der Waals surface area contributed by atoms with Gasteiger partial charge in [0.2, 0.25) is 0 Å². The molecule has 3 nitrogen and oxygen atoms in total. The second-order valence-corrected chi connectivity index (χ2v) is 8.40. The predicted octanol–water partition coefficient (Wildman–Crippen LogP) is 3.10. The molecule has 0 aliphatic carbocycles. The molecule has 1 aromatic carbocycles. The zero-order chi connectivity index (χ0) is 14.0. The van der Waals surface area contributed by atoms with Gasteiger partial charge in [0, 0.05) is 22.8 Å². The lowest BCUT2D eigenvalue weighted by Crippen LogP contribution is -2.40. The highest BCUT2D eigenvalue weighted by molar-refractivity contribution is 8.22. The molecule has 1 spiro atoms. The first-order valence-electron chi connectivity index (χ1n) is 6.39. The van der Waals surface area contributed by atoms with Crippen LogP contribution in [-0.4, -0.2) is 39.6 Å². The Bertz CT molecular complexity index is 526. The molecule has 20 heavy (non-hydrogen) atoms. The van der Waals surface area contributed by atoms with Gasteiger partial charge in [-0.15, -0.1) is 35.3 Å². The van der Waals surface area contributed by atoms with Gasteiger partial charge in [0.15, 0.2) is 4.20 Å². The Hall–Kier alpha value is -0.590. The van der Waals surface area contributed by atoms with Gasteiger partial charge in [-0.25, -0.2) is 4.99 Å². The van der Waals surface area contributed by atoms with Gasteiger partial charge in [0.25, 0.3) is 0 Å². The van der Waals surface area contributed by atoms with Gasteiger partial charge < -0.3 is 4.74 Å². The van der Waals surface area contributed by atoms with Crippen LogP contribution in [0, 0.1) is 5.92 Å². The number of thioether (sulfide) groups is 3. The minimum Gasteiger partial charge on any atom is -0.469 e. The van der Waals surface area contributed by atoms with E-state index in [2.05, 4.69) is 12.1 Å². The van der Waals surface area contributed by atoms with Crippen molar-refractivity contribution in [2.75, 3.05) is 24.4 Å². The average Bonchev–Trinajstić information content (AvgIpc) is 2.96. The molecule has 0 radical (unpaired) electrons. The second-order valence-electron chi connectivity index (χ2n) is 4.50. The van der Waals surface area contributed by atoms with E-state index in [4.69, 9.17) is 9.73 Å². The normalized spacial score (nSPS) is 24.4. The number of aliphatic imine (C=N–C) groups is 1. The number of benzene rings is 1. The summed E-state index contributed by atoms with van der Waals surface area (Å²) in [6.45, 7) is 0. The maximum Gasteiger partial charge on any atom is 0.313 e. The molecular formula is C14H15NO2S3. The van der Waals surface area contributed by atoms with Gasteiger partial charge in [-0.3, -0.25) is 4.79 Å². The minimum absolute atomic E-state index is 0.143. The summed E-state index contributed by atoms with van der Waals surface area (Å²) in [5.74, 6) is 2.50. The van der Waals surface area contributed by atoms with Crippen molar-refractivity contribution in [2.45, 2.75) is 4.20 Å². The number of carbonyl (C=O) groups excluding carboxylic acids is 1. The van der Waals surface area contributed by atoms with Crippen LogP contribution in [0.15, 0.2) is 35.3 Å². The number of esters is 1. The zero-order valence-electron chi connectivity index (χ0n) is 11.1. The molecular weight excluding hydrogens is 310 g/mol. The molecule has 0 aromatic heterocycles. The number of methoxy groups -OCH3 is 1. The Morgan fingerprint density at radius 3 is 2.65 bits per heavy atom. The van der Waals surface area contributed by atoms with Crippen molar-refractivity contribution in [1.82, 2.24) is 0 Å². The van der Waals surface area contributed by atoms with Gasteiger partial charge in [-0.1, -0.05) is 30.3 Å². The fraction of sp³-hybridized carbons (Fsp3) is 0.429. The SMILES string of the molecule is COC(=O)C1CSC(c2ccccc2)=NC12SCCS2. The Morgan fingerprint density at radius 2 is 2.00 bits per heavy atom. The first kappa shape index (κ1) is 14.4. The van der Waals surface area contributed by atoms with Gasteiger partial charge in [-0.05, 0) is 0 Å². The highest BCUT2D eigenvalue weighted by atomic mass is 32.2. The minimum atomic E-state index is -0.385. The van der Waals surface area contributed by atoms with Crippen molar-refractivity contribution in [3.05, 3.63) is 35.9 Å². The predicted molar refractivity (Wildman–Crippen MR) is 88.6 cm³/mol. The average molecular weight is 325 g/mol. The molecule has 0 bridgehead atoms. The van der Waals surface area contributed by atoms with Crippen LogP contribution in [0.1, 0.15) is 5.56 Å². The van der Waals surface area contributed by atoms with Crippen LogP contribution in [-0.2, 0) is 9.53 Å². The van der Waals surface area contributed by atoms with Crippen molar-refractivity contribution in [3.63, 3.8) is 0 Å². The van der Waals surface area contributed by atoms with E-state index in [1.54, 1.807) is 35.3 Å². The van der Waals surface area contributed by atoms with Crippen molar-refractivity contribution in [1.29, 1.82) is 0 Å². The zero-order valence-corrected chi connectivity index (χ0v) is 13.5. The van der Waals surface area contributed by atoms with Crippen LogP contribution in [0.4, 0.5) is 0 Å². The molecule has 0 amide bonds. The van der Waals surface area contributed by atoms with E-state index < -0.39 is 0 Å². The van der Waals surface area contributed by atoms with E-state index >= 15 is 0 Å². The maximum atomic E-state index is 12.0. The molecule has 106 valence electrons. The van der Waals surface area contributed by atoms with E-state index in [1.165, 1.54) is 7.11 Å². The summed E-state index contributed by atoms with van der Waals surface area (Å²) in [7, 11) is 1.46. The van der Waals surface area contributed by atoms with E-state index in [1.807, 2.05) is 18.2 Å². The van der Waals surface area contributed by atoms with Crippen molar-refractivity contribution in [2.24, 2.45) is 10.9 Å². The first-order valence-corrected chi connectivity index (χ1v) is 9.35.